The van der Waals surface area contributed by atoms with Gasteiger partial charge < -0.3 is 9.47 Å². The molecule has 3 aromatic rings. The van der Waals surface area contributed by atoms with Crippen LogP contribution in [0.1, 0.15) is 29.6 Å². The van der Waals surface area contributed by atoms with Gasteiger partial charge in [-0.3, -0.25) is 19.3 Å². The number of aryl methyl sites for hydroxylation is 2. The molecule has 160 valence electrons. The van der Waals surface area contributed by atoms with Crippen LogP contribution < -0.4 is 10.3 Å². The zero-order valence-electron chi connectivity index (χ0n) is 17.9. The zero-order chi connectivity index (χ0) is 23.6. The van der Waals surface area contributed by atoms with Gasteiger partial charge in [0, 0.05) is 24.0 Å². The quantitative estimate of drug-likeness (QED) is 0.424. The molecule has 0 spiro atoms. The van der Waals surface area contributed by atoms with Crippen molar-refractivity contribution >= 4 is 21.5 Å². The van der Waals surface area contributed by atoms with Crippen LogP contribution in [0.4, 0.5) is 8.78 Å². The second-order valence-electron chi connectivity index (χ2n) is 7.10. The smallest absolute Gasteiger partial charge is 0.259 e. The summed E-state index contributed by atoms with van der Waals surface area (Å²) < 4.78 is 39.5. The topological polar surface area (TPSA) is 66.2 Å². The van der Waals surface area contributed by atoms with E-state index in [4.69, 9.17) is 25.2 Å². The van der Waals surface area contributed by atoms with Crippen LogP contribution in [0, 0.1) is 25.5 Å². The first kappa shape index (κ1) is 23.2. The molecular formula is C22H19B2F2N3O3. The van der Waals surface area contributed by atoms with E-state index in [-0.39, 0.29) is 5.75 Å². The Bertz CT molecular complexity index is 1250. The first-order valence-corrected chi connectivity index (χ1v) is 9.64. The van der Waals surface area contributed by atoms with Crippen molar-refractivity contribution in [2.75, 3.05) is 6.61 Å². The van der Waals surface area contributed by atoms with Crippen LogP contribution in [-0.4, -0.2) is 36.8 Å². The summed E-state index contributed by atoms with van der Waals surface area (Å²) >= 11 is 0. The highest BCUT2D eigenvalue weighted by atomic mass is 19.1. The minimum Gasteiger partial charge on any atom is -0.501 e. The lowest BCUT2D eigenvalue weighted by Crippen LogP contribution is -2.37. The lowest BCUT2D eigenvalue weighted by Gasteiger charge is -2.28. The summed E-state index contributed by atoms with van der Waals surface area (Å²) in [6.07, 6.45) is 2.37. The van der Waals surface area contributed by atoms with Crippen LogP contribution >= 0.6 is 0 Å². The van der Waals surface area contributed by atoms with E-state index in [1.54, 1.807) is 26.1 Å². The third-order valence-corrected chi connectivity index (χ3v) is 4.57. The van der Waals surface area contributed by atoms with E-state index in [0.29, 0.717) is 35.5 Å². The summed E-state index contributed by atoms with van der Waals surface area (Å²) in [6.45, 7) is 9.58. The van der Waals surface area contributed by atoms with Crippen LogP contribution in [-0.2, 0) is 10.1 Å². The Morgan fingerprint density at radius 2 is 1.88 bits per heavy atom. The maximum absolute atomic E-state index is 14.1. The number of halogens is 2. The lowest BCUT2D eigenvalue weighted by molar-refractivity contribution is 0.231. The number of ether oxygens (including phenoxy) is 2. The summed E-state index contributed by atoms with van der Waals surface area (Å²) in [5.74, 6) is -1.59. The van der Waals surface area contributed by atoms with Crippen molar-refractivity contribution in [3.05, 3.63) is 87.9 Å². The average molecular weight is 433 g/mol. The van der Waals surface area contributed by atoms with E-state index in [2.05, 4.69) is 16.5 Å². The van der Waals surface area contributed by atoms with Gasteiger partial charge in [-0.1, -0.05) is 6.58 Å². The van der Waals surface area contributed by atoms with E-state index in [1.165, 1.54) is 10.6 Å². The van der Waals surface area contributed by atoms with Gasteiger partial charge in [0.05, 0.1) is 23.9 Å². The number of nitrogens with zero attached hydrogens (tertiary/aromatic N) is 3. The van der Waals surface area contributed by atoms with Gasteiger partial charge in [-0.05, 0) is 38.5 Å². The summed E-state index contributed by atoms with van der Waals surface area (Å²) in [6, 6.07) is 4.94. The van der Waals surface area contributed by atoms with E-state index < -0.39 is 28.3 Å². The standard InChI is InChI=1S/C22H19B2F2N3O3/c1-5-31-14(4)18-9-19(12(2)10-27-18)29-13(3)6-16(8-20(29)30)32-22(23,24)21-17(26)7-15(25)11-28-21/h6-11H,4-5H2,1-3H3. The van der Waals surface area contributed by atoms with Gasteiger partial charge in [-0.25, -0.2) is 8.78 Å². The Labute approximate surface area is 186 Å². The molecule has 3 rings (SSSR count). The number of pyridine rings is 3. The normalized spacial score (nSPS) is 11.3. The fraction of sp³-hybridized carbons (Fsp3) is 0.227. The molecule has 0 atom stereocenters. The van der Waals surface area contributed by atoms with Gasteiger partial charge in [-0.15, -0.1) is 0 Å². The molecule has 0 fully saturated rings. The largest absolute Gasteiger partial charge is 0.501 e. The highest BCUT2D eigenvalue weighted by Crippen LogP contribution is 2.25. The molecule has 3 aromatic heterocycles. The molecular weight excluding hydrogens is 414 g/mol. The van der Waals surface area contributed by atoms with Crippen molar-refractivity contribution in [3.63, 3.8) is 0 Å². The van der Waals surface area contributed by atoms with Crippen molar-refractivity contribution < 1.29 is 18.3 Å². The third-order valence-electron chi connectivity index (χ3n) is 4.57. The number of hydrogen-bond acceptors (Lipinski definition) is 5. The van der Waals surface area contributed by atoms with Gasteiger partial charge in [0.2, 0.25) is 0 Å². The zero-order valence-corrected chi connectivity index (χ0v) is 17.9. The van der Waals surface area contributed by atoms with E-state index in [0.717, 1.165) is 17.8 Å². The molecule has 3 heterocycles. The second kappa shape index (κ2) is 8.98. The fourth-order valence-electron chi connectivity index (χ4n) is 3.14. The highest BCUT2D eigenvalue weighted by Gasteiger charge is 2.28. The fourth-order valence-corrected chi connectivity index (χ4v) is 3.14. The molecule has 0 aromatic carbocycles. The van der Waals surface area contributed by atoms with Crippen molar-refractivity contribution in [1.82, 2.24) is 14.5 Å². The first-order chi connectivity index (χ1) is 15.0. The van der Waals surface area contributed by atoms with Crippen molar-refractivity contribution in [3.8, 4) is 11.4 Å². The van der Waals surface area contributed by atoms with E-state index in [1.807, 2.05) is 6.92 Å². The van der Waals surface area contributed by atoms with E-state index in [9.17, 15) is 13.6 Å². The molecule has 0 bridgehead atoms. The predicted octanol–water partition coefficient (Wildman–Crippen LogP) is 3.06. The van der Waals surface area contributed by atoms with Crippen LogP contribution in [0.3, 0.4) is 0 Å². The molecule has 0 aliphatic carbocycles. The van der Waals surface area contributed by atoms with Crippen LogP contribution in [0.25, 0.3) is 11.4 Å². The molecule has 0 amide bonds. The van der Waals surface area contributed by atoms with Gasteiger partial charge in [0.25, 0.3) is 5.56 Å². The Kier molecular flexibility index (Phi) is 6.52. The van der Waals surface area contributed by atoms with Crippen LogP contribution in [0.5, 0.6) is 5.75 Å². The summed E-state index contributed by atoms with van der Waals surface area (Å²) in [7, 11) is 11.7. The van der Waals surface area contributed by atoms with Crippen LogP contribution in [0.15, 0.2) is 48.0 Å². The van der Waals surface area contributed by atoms with Crippen molar-refractivity contribution in [2.24, 2.45) is 0 Å². The molecule has 4 radical (unpaired) electrons. The van der Waals surface area contributed by atoms with Crippen molar-refractivity contribution in [1.29, 1.82) is 0 Å². The Balaban J connectivity index is 2.00. The second-order valence-corrected chi connectivity index (χ2v) is 7.10. The Morgan fingerprint density at radius 3 is 2.50 bits per heavy atom. The average Bonchev–Trinajstić information content (AvgIpc) is 2.68. The van der Waals surface area contributed by atoms with Crippen molar-refractivity contribution in [2.45, 2.75) is 26.2 Å². The predicted molar refractivity (Wildman–Crippen MR) is 118 cm³/mol. The summed E-state index contributed by atoms with van der Waals surface area (Å²) in [4.78, 5) is 20.8. The molecule has 6 nitrogen and oxygen atoms in total. The van der Waals surface area contributed by atoms with Gasteiger partial charge in [0.15, 0.2) is 0 Å². The molecule has 10 heteroatoms. The molecule has 32 heavy (non-hydrogen) atoms. The Hall–Kier alpha value is -3.42. The molecule has 0 unspecified atom stereocenters. The minimum atomic E-state index is -2.24. The summed E-state index contributed by atoms with van der Waals surface area (Å²) in [5.41, 5.74) is 1.32. The van der Waals surface area contributed by atoms with Gasteiger partial charge >= 0.3 is 0 Å². The third kappa shape index (κ3) is 4.74. The maximum Gasteiger partial charge on any atom is 0.259 e. The molecule has 0 saturated carbocycles. The first-order valence-electron chi connectivity index (χ1n) is 9.64. The Morgan fingerprint density at radius 1 is 1.16 bits per heavy atom. The molecule has 0 N–H and O–H groups in total. The SMILES string of the molecule is [B]C([B])(Oc1cc(C)n(-c2cc(C(=C)OCC)ncc2C)c(=O)c1)c1ncc(F)cc1F. The number of rotatable bonds is 7. The minimum absolute atomic E-state index is 0.00932. The van der Waals surface area contributed by atoms with Crippen LogP contribution in [0.2, 0.25) is 0 Å². The maximum atomic E-state index is 14.1. The van der Waals surface area contributed by atoms with Gasteiger partial charge in [-0.2, -0.15) is 0 Å². The highest BCUT2D eigenvalue weighted by molar-refractivity contribution is 6.38. The van der Waals surface area contributed by atoms with E-state index >= 15 is 0 Å². The summed E-state index contributed by atoms with van der Waals surface area (Å²) in [5, 5.41) is -2.24. The number of aromatic nitrogens is 3. The number of hydrogen-bond donors (Lipinski definition) is 0. The lowest BCUT2D eigenvalue weighted by atomic mass is 9.62. The molecule has 0 aliphatic heterocycles. The molecule has 0 aliphatic rings. The monoisotopic (exact) mass is 433 g/mol. The molecule has 0 saturated heterocycles. The van der Waals surface area contributed by atoms with Gasteiger partial charge in [0.1, 0.15) is 50.2 Å².